The van der Waals surface area contributed by atoms with Gasteiger partial charge in [0.05, 0.1) is 16.4 Å². The van der Waals surface area contributed by atoms with Gasteiger partial charge in [-0.05, 0) is 25.0 Å². The molecule has 4 rings (SSSR count). The first-order valence-corrected chi connectivity index (χ1v) is 9.42. The van der Waals surface area contributed by atoms with E-state index < -0.39 is 0 Å². The Labute approximate surface area is 160 Å². The molecule has 0 aromatic carbocycles. The van der Waals surface area contributed by atoms with E-state index in [1.807, 2.05) is 45.2 Å². The Kier molecular flexibility index (Phi) is 5.33. The summed E-state index contributed by atoms with van der Waals surface area (Å²) in [5.74, 6) is 0.962. The molecule has 3 aliphatic rings. The second-order valence-electron chi connectivity index (χ2n) is 6.58. The van der Waals surface area contributed by atoms with Crippen molar-refractivity contribution >= 4 is 24.4 Å². The molecule has 0 radical (unpaired) electrons. The van der Waals surface area contributed by atoms with E-state index in [0.29, 0.717) is 5.88 Å². The van der Waals surface area contributed by atoms with Crippen molar-refractivity contribution in [2.75, 3.05) is 0 Å². The Morgan fingerprint density at radius 3 is 2.88 bits per heavy atom. The minimum absolute atomic E-state index is 0.0658. The first kappa shape index (κ1) is 18.5. The molecule has 0 N–H and O–H groups in total. The number of aromatic nitrogens is 1. The highest BCUT2D eigenvalue weighted by Gasteiger charge is 2.43. The molecule has 134 valence electrons. The average molecular weight is 366 g/mol. The van der Waals surface area contributed by atoms with Crippen LogP contribution in [0.4, 0.5) is 0 Å². The quantitative estimate of drug-likeness (QED) is 0.578. The standard InChI is InChI=1S/C19H17N3OS.C2H6/c1-19(24)5-4-14-15-7-13(8-17(15)23-18(14)22-11-19)16(9-20)12-3-2-6-21-10-12;1-2/h2-6,10-11,15,17,24H,7-8H2,1H3;1-2H3/b16-13-;. The summed E-state index contributed by atoms with van der Waals surface area (Å²) >= 11 is 4.56. The van der Waals surface area contributed by atoms with Gasteiger partial charge in [0.2, 0.25) is 5.88 Å². The summed E-state index contributed by atoms with van der Waals surface area (Å²) in [4.78, 5) is 8.60. The van der Waals surface area contributed by atoms with Crippen molar-refractivity contribution in [2.24, 2.45) is 10.9 Å². The predicted molar refractivity (Wildman–Crippen MR) is 108 cm³/mol. The lowest BCUT2D eigenvalue weighted by molar-refractivity contribution is 0.129. The van der Waals surface area contributed by atoms with Crippen molar-refractivity contribution in [1.29, 1.82) is 5.26 Å². The van der Waals surface area contributed by atoms with Crippen molar-refractivity contribution < 1.29 is 4.74 Å². The van der Waals surface area contributed by atoms with Crippen LogP contribution in [0.5, 0.6) is 0 Å². The lowest BCUT2D eigenvalue weighted by Gasteiger charge is -2.13. The van der Waals surface area contributed by atoms with Gasteiger partial charge in [0.25, 0.3) is 0 Å². The zero-order chi connectivity index (χ0) is 18.7. The summed E-state index contributed by atoms with van der Waals surface area (Å²) in [6.07, 6.45) is 11.0. The predicted octanol–water partition coefficient (Wildman–Crippen LogP) is 4.73. The summed E-state index contributed by atoms with van der Waals surface area (Å²) in [6, 6.07) is 6.14. The summed E-state index contributed by atoms with van der Waals surface area (Å²) in [5.41, 5.74) is 3.86. The SMILES string of the molecule is CC.CC1(S)C=CC2=C(N=C1)OC1C/C(=C(/C#N)c3cccnc3)CC21. The largest absolute Gasteiger partial charge is 0.473 e. The number of hydrogen-bond donors (Lipinski definition) is 1. The number of fused-ring (bicyclic) bond motifs is 2. The van der Waals surface area contributed by atoms with Crippen LogP contribution >= 0.6 is 12.6 Å². The van der Waals surface area contributed by atoms with E-state index in [4.69, 9.17) is 4.74 Å². The Bertz CT molecular complexity index is 844. The number of thiol groups is 1. The minimum Gasteiger partial charge on any atom is -0.473 e. The van der Waals surface area contributed by atoms with E-state index in [1.165, 1.54) is 0 Å². The number of nitrogens with zero attached hydrogens (tertiary/aromatic N) is 3. The van der Waals surface area contributed by atoms with Crippen LogP contribution in [0.2, 0.25) is 0 Å². The molecule has 0 bridgehead atoms. The van der Waals surface area contributed by atoms with Crippen molar-refractivity contribution in [3.05, 3.63) is 59.3 Å². The first-order chi connectivity index (χ1) is 12.6. The van der Waals surface area contributed by atoms with Gasteiger partial charge in [-0.25, -0.2) is 4.99 Å². The topological polar surface area (TPSA) is 58.3 Å². The van der Waals surface area contributed by atoms with Gasteiger partial charge >= 0.3 is 0 Å². The smallest absolute Gasteiger partial charge is 0.216 e. The lowest BCUT2D eigenvalue weighted by atomic mass is 9.95. The van der Waals surface area contributed by atoms with Gasteiger partial charge in [0.15, 0.2) is 0 Å². The molecule has 0 saturated heterocycles. The highest BCUT2D eigenvalue weighted by molar-refractivity contribution is 7.82. The molecule has 26 heavy (non-hydrogen) atoms. The molecule has 3 heterocycles. The van der Waals surface area contributed by atoms with Gasteiger partial charge in [0, 0.05) is 42.1 Å². The summed E-state index contributed by atoms with van der Waals surface area (Å²) in [7, 11) is 0. The lowest BCUT2D eigenvalue weighted by Crippen LogP contribution is -2.15. The fraction of sp³-hybridized carbons (Fsp3) is 0.381. The van der Waals surface area contributed by atoms with Gasteiger partial charge in [-0.15, -0.1) is 0 Å². The second kappa shape index (κ2) is 7.51. The van der Waals surface area contributed by atoms with E-state index in [-0.39, 0.29) is 16.8 Å². The summed E-state index contributed by atoms with van der Waals surface area (Å²) in [6.45, 7) is 5.99. The highest BCUT2D eigenvalue weighted by atomic mass is 32.1. The maximum atomic E-state index is 9.61. The van der Waals surface area contributed by atoms with E-state index in [9.17, 15) is 5.26 Å². The van der Waals surface area contributed by atoms with Crippen LogP contribution < -0.4 is 0 Å². The fourth-order valence-corrected chi connectivity index (χ4v) is 3.65. The maximum Gasteiger partial charge on any atom is 0.216 e. The number of nitriles is 1. The summed E-state index contributed by atoms with van der Waals surface area (Å²) < 4.78 is 5.69. The minimum atomic E-state index is -0.367. The van der Waals surface area contributed by atoms with E-state index in [2.05, 4.69) is 34.8 Å². The zero-order valence-corrected chi connectivity index (χ0v) is 16.2. The fourth-order valence-electron chi connectivity index (χ4n) is 3.52. The molecule has 3 unspecified atom stereocenters. The van der Waals surface area contributed by atoms with Gasteiger partial charge in [-0.1, -0.05) is 32.1 Å². The molecule has 2 aliphatic heterocycles. The van der Waals surface area contributed by atoms with Crippen molar-refractivity contribution in [1.82, 2.24) is 4.98 Å². The number of hydrogen-bond acceptors (Lipinski definition) is 5. The van der Waals surface area contributed by atoms with Gasteiger partial charge < -0.3 is 4.74 Å². The van der Waals surface area contributed by atoms with Crippen LogP contribution in [0, 0.1) is 17.2 Å². The first-order valence-electron chi connectivity index (χ1n) is 8.97. The molecular weight excluding hydrogens is 342 g/mol. The Hall–Kier alpha value is -2.32. The zero-order valence-electron chi connectivity index (χ0n) is 15.3. The number of aliphatic imine (C=N–C) groups is 1. The van der Waals surface area contributed by atoms with Crippen LogP contribution in [0.25, 0.3) is 5.57 Å². The van der Waals surface area contributed by atoms with Crippen molar-refractivity contribution in [3.8, 4) is 6.07 Å². The Morgan fingerprint density at radius 2 is 2.19 bits per heavy atom. The van der Waals surface area contributed by atoms with E-state index in [1.54, 1.807) is 12.4 Å². The molecule has 1 aromatic rings. The van der Waals surface area contributed by atoms with Crippen LogP contribution in [0.1, 0.15) is 39.2 Å². The Morgan fingerprint density at radius 1 is 1.38 bits per heavy atom. The normalized spacial score (nSPS) is 30.4. The molecule has 1 aromatic heterocycles. The molecule has 4 nitrogen and oxygen atoms in total. The second-order valence-corrected chi connectivity index (χ2v) is 7.54. The number of pyridine rings is 1. The number of rotatable bonds is 1. The monoisotopic (exact) mass is 365 g/mol. The Balaban J connectivity index is 0.000000948. The van der Waals surface area contributed by atoms with Gasteiger partial charge in [-0.3, -0.25) is 4.98 Å². The van der Waals surface area contributed by atoms with Crippen LogP contribution in [0.3, 0.4) is 0 Å². The van der Waals surface area contributed by atoms with Gasteiger partial charge in [0.1, 0.15) is 6.10 Å². The number of ether oxygens (including phenoxy) is 1. The highest BCUT2D eigenvalue weighted by Crippen LogP contribution is 2.48. The molecule has 0 amide bonds. The van der Waals surface area contributed by atoms with Crippen LogP contribution in [0.15, 0.2) is 58.7 Å². The van der Waals surface area contributed by atoms with Crippen molar-refractivity contribution in [2.45, 2.75) is 44.5 Å². The third-order valence-corrected chi connectivity index (χ3v) is 5.00. The molecular formula is C21H23N3OS. The third kappa shape index (κ3) is 3.47. The van der Waals surface area contributed by atoms with E-state index in [0.717, 1.165) is 35.1 Å². The van der Waals surface area contributed by atoms with E-state index >= 15 is 0 Å². The van der Waals surface area contributed by atoms with Gasteiger partial charge in [-0.2, -0.15) is 17.9 Å². The summed E-state index contributed by atoms with van der Waals surface area (Å²) in [5, 5.41) is 9.61. The number of allylic oxidation sites excluding steroid dienone is 2. The van der Waals surface area contributed by atoms with Crippen LogP contribution in [-0.4, -0.2) is 22.0 Å². The molecule has 1 saturated carbocycles. The maximum absolute atomic E-state index is 9.61. The average Bonchev–Trinajstić information content (AvgIpc) is 3.15. The third-order valence-electron chi connectivity index (χ3n) is 4.73. The molecule has 1 fully saturated rings. The molecule has 0 spiro atoms. The molecule has 3 atom stereocenters. The molecule has 5 heteroatoms. The van der Waals surface area contributed by atoms with Crippen molar-refractivity contribution in [3.63, 3.8) is 0 Å². The molecule has 1 aliphatic carbocycles. The van der Waals surface area contributed by atoms with Crippen LogP contribution in [-0.2, 0) is 4.74 Å².